The van der Waals surface area contributed by atoms with Crippen LogP contribution in [0.3, 0.4) is 0 Å². The van der Waals surface area contributed by atoms with E-state index in [2.05, 4.69) is 70.1 Å². The molecule has 1 saturated heterocycles. The van der Waals surface area contributed by atoms with Gasteiger partial charge in [-0.05, 0) is 57.0 Å². The molecule has 0 bridgehead atoms. The highest BCUT2D eigenvalue weighted by Gasteiger charge is 2.41. The topological polar surface area (TPSA) is 33.7 Å². The van der Waals surface area contributed by atoms with Crippen molar-refractivity contribution in [3.8, 4) is 5.75 Å². The van der Waals surface area contributed by atoms with Crippen molar-refractivity contribution in [1.82, 2.24) is 5.32 Å². The Kier molecular flexibility index (Phi) is 7.18. The highest BCUT2D eigenvalue weighted by atomic mass is 35.5. The van der Waals surface area contributed by atoms with E-state index in [4.69, 9.17) is 20.8 Å². The third-order valence-corrected chi connectivity index (χ3v) is 12.0. The van der Waals surface area contributed by atoms with Gasteiger partial charge in [0.2, 0.25) is 0 Å². The first-order valence-corrected chi connectivity index (χ1v) is 14.8. The predicted octanol–water partition coefficient (Wildman–Crippen LogP) is 6.24. The molecule has 1 aromatic rings. The number of hydrogen-bond acceptors (Lipinski definition) is 4. The second-order valence-corrected chi connectivity index (χ2v) is 16.4. The van der Waals surface area contributed by atoms with E-state index in [-0.39, 0.29) is 10.6 Å². The number of ether oxygens (including phenoxy) is 1. The second-order valence-electron chi connectivity index (χ2n) is 11.2. The molecule has 1 aliphatic carbocycles. The van der Waals surface area contributed by atoms with Crippen LogP contribution in [-0.4, -0.2) is 45.7 Å². The van der Waals surface area contributed by atoms with Gasteiger partial charge in [-0.15, -0.1) is 0 Å². The van der Waals surface area contributed by atoms with Crippen LogP contribution in [0.25, 0.3) is 0 Å². The molecule has 0 amide bonds. The lowest BCUT2D eigenvalue weighted by molar-refractivity contribution is 0.198. The van der Waals surface area contributed by atoms with Gasteiger partial charge in [0.15, 0.2) is 8.32 Å². The van der Waals surface area contributed by atoms with Crippen LogP contribution in [0.2, 0.25) is 23.2 Å². The number of piperazine rings is 1. The summed E-state index contributed by atoms with van der Waals surface area (Å²) in [6.45, 7) is 18.0. The van der Waals surface area contributed by atoms with Crippen molar-refractivity contribution >= 4 is 25.6 Å². The average molecular weight is 453 g/mol. The molecule has 6 heteroatoms. The summed E-state index contributed by atoms with van der Waals surface area (Å²) < 4.78 is 12.2. The summed E-state index contributed by atoms with van der Waals surface area (Å²) in [7, 11) is -1.73. The number of nitrogens with zero attached hydrogens (tertiary/aromatic N) is 1. The molecule has 0 radical (unpaired) electrons. The van der Waals surface area contributed by atoms with Crippen LogP contribution in [0.5, 0.6) is 5.75 Å². The predicted molar refractivity (Wildman–Crippen MR) is 131 cm³/mol. The molecule has 1 aliphatic heterocycles. The van der Waals surface area contributed by atoms with Crippen molar-refractivity contribution < 1.29 is 9.16 Å². The minimum Gasteiger partial charge on any atom is -0.491 e. The highest BCUT2D eigenvalue weighted by Crippen LogP contribution is 2.39. The molecule has 1 N–H and O–H groups in total. The average Bonchev–Trinajstić information content (AvgIpc) is 2.63. The normalized spacial score (nSPS) is 24.5. The minimum atomic E-state index is -1.73. The number of rotatable bonds is 6. The summed E-state index contributed by atoms with van der Waals surface area (Å²) in [5.74, 6) is 0.817. The molecular formula is C24H41ClN2O2Si. The number of fused-ring (bicyclic) bond motifs is 1. The number of halogens is 1. The van der Waals surface area contributed by atoms with Gasteiger partial charge in [0.05, 0.1) is 17.3 Å². The van der Waals surface area contributed by atoms with Gasteiger partial charge in [-0.1, -0.05) is 45.2 Å². The summed E-state index contributed by atoms with van der Waals surface area (Å²) in [5.41, 5.74) is 1.21. The van der Waals surface area contributed by atoms with E-state index in [0.717, 1.165) is 23.0 Å². The Labute approximate surface area is 189 Å². The van der Waals surface area contributed by atoms with Gasteiger partial charge in [0, 0.05) is 30.2 Å². The van der Waals surface area contributed by atoms with Crippen LogP contribution < -0.4 is 15.0 Å². The molecule has 30 heavy (non-hydrogen) atoms. The maximum Gasteiger partial charge on any atom is 0.192 e. The lowest BCUT2D eigenvalue weighted by Crippen LogP contribution is -2.67. The molecule has 1 heterocycles. The van der Waals surface area contributed by atoms with Gasteiger partial charge in [0.1, 0.15) is 12.4 Å². The monoisotopic (exact) mass is 452 g/mol. The van der Waals surface area contributed by atoms with E-state index in [1.807, 2.05) is 6.07 Å². The number of hydrogen-bond donors (Lipinski definition) is 1. The van der Waals surface area contributed by atoms with Crippen LogP contribution in [-0.2, 0) is 4.43 Å². The van der Waals surface area contributed by atoms with Crippen molar-refractivity contribution in [2.45, 2.75) is 96.1 Å². The zero-order valence-electron chi connectivity index (χ0n) is 20.0. The largest absolute Gasteiger partial charge is 0.491 e. The van der Waals surface area contributed by atoms with Crippen molar-refractivity contribution in [2.24, 2.45) is 0 Å². The zero-order valence-corrected chi connectivity index (χ0v) is 21.7. The van der Waals surface area contributed by atoms with E-state index in [9.17, 15) is 0 Å². The van der Waals surface area contributed by atoms with Gasteiger partial charge < -0.3 is 19.4 Å². The summed E-state index contributed by atoms with van der Waals surface area (Å²) in [5, 5.41) is 4.85. The van der Waals surface area contributed by atoms with Gasteiger partial charge in [-0.25, -0.2) is 0 Å². The third kappa shape index (κ3) is 5.53. The molecule has 2 aliphatic rings. The van der Waals surface area contributed by atoms with Gasteiger partial charge in [-0.2, -0.15) is 0 Å². The summed E-state index contributed by atoms with van der Waals surface area (Å²) in [4.78, 5) is 2.53. The lowest BCUT2D eigenvalue weighted by atomic mass is 9.83. The molecule has 0 unspecified atom stereocenters. The van der Waals surface area contributed by atoms with Crippen LogP contribution in [0, 0.1) is 0 Å². The molecule has 4 nitrogen and oxygen atoms in total. The molecule has 0 spiro atoms. The highest BCUT2D eigenvalue weighted by molar-refractivity contribution is 6.74. The van der Waals surface area contributed by atoms with E-state index in [1.165, 1.54) is 25.7 Å². The van der Waals surface area contributed by atoms with Crippen molar-refractivity contribution in [3.63, 3.8) is 0 Å². The fourth-order valence-electron chi connectivity index (χ4n) is 4.49. The van der Waals surface area contributed by atoms with Crippen LogP contribution in [0.15, 0.2) is 18.2 Å². The van der Waals surface area contributed by atoms with Crippen molar-refractivity contribution in [3.05, 3.63) is 23.2 Å². The van der Waals surface area contributed by atoms with Crippen LogP contribution in [0.4, 0.5) is 5.69 Å². The number of nitrogens with one attached hydrogen (secondary N) is 1. The molecule has 0 aromatic heterocycles. The molecule has 170 valence electrons. The Hall–Kier alpha value is -0.753. The van der Waals surface area contributed by atoms with Gasteiger partial charge >= 0.3 is 0 Å². The Morgan fingerprint density at radius 3 is 2.53 bits per heavy atom. The van der Waals surface area contributed by atoms with Crippen molar-refractivity contribution in [1.29, 1.82) is 0 Å². The van der Waals surface area contributed by atoms with Crippen molar-refractivity contribution in [2.75, 3.05) is 24.7 Å². The van der Waals surface area contributed by atoms with E-state index in [1.54, 1.807) is 0 Å². The fourth-order valence-corrected chi connectivity index (χ4v) is 5.80. The Morgan fingerprint density at radius 2 is 1.87 bits per heavy atom. The lowest BCUT2D eigenvalue weighted by Gasteiger charge is -2.52. The minimum absolute atomic E-state index is 0.0814. The zero-order chi connectivity index (χ0) is 22.2. The standard InChI is InChI=1S/C24H41ClN2O2Si/c1-23(2,3)30(6,7)29-15-14-28-18-12-13-21(19(25)16-18)27-17-24(4,5)26-20-10-8-9-11-22(20)27/h12-13,16,20,22,26H,8-11,14-15,17H2,1-7H3/t20-,22+/m1/s1. The summed E-state index contributed by atoms with van der Waals surface area (Å²) >= 11 is 6.77. The fraction of sp³-hybridized carbons (Fsp3) is 0.750. The first-order chi connectivity index (χ1) is 13.9. The number of benzene rings is 1. The second kappa shape index (κ2) is 9.01. The molecule has 3 rings (SSSR count). The third-order valence-electron chi connectivity index (χ3n) is 7.12. The number of anilines is 1. The van der Waals surface area contributed by atoms with Gasteiger partial charge in [-0.3, -0.25) is 0 Å². The summed E-state index contributed by atoms with van der Waals surface area (Å²) in [6.07, 6.45) is 5.09. The molecule has 2 atom stereocenters. The molecule has 1 aromatic carbocycles. The maximum absolute atomic E-state index is 6.77. The smallest absolute Gasteiger partial charge is 0.192 e. The first kappa shape index (κ1) is 23.9. The SMILES string of the molecule is CC1(C)CN(c2ccc(OCCO[Si](C)(C)C(C)(C)C)cc2Cl)[C@H]2CCCC[C@H]2N1. The molecule has 2 fully saturated rings. The molecular weight excluding hydrogens is 412 g/mol. The van der Waals surface area contributed by atoms with E-state index >= 15 is 0 Å². The van der Waals surface area contributed by atoms with Crippen LogP contribution >= 0.6 is 11.6 Å². The van der Waals surface area contributed by atoms with Crippen LogP contribution in [0.1, 0.15) is 60.3 Å². The summed E-state index contributed by atoms with van der Waals surface area (Å²) in [6, 6.07) is 7.23. The Balaban J connectivity index is 1.63. The Bertz CT molecular complexity index is 732. The van der Waals surface area contributed by atoms with E-state index < -0.39 is 8.32 Å². The first-order valence-electron chi connectivity index (χ1n) is 11.5. The van der Waals surface area contributed by atoms with Gasteiger partial charge in [0.25, 0.3) is 0 Å². The van der Waals surface area contributed by atoms with E-state index in [0.29, 0.717) is 25.3 Å². The Morgan fingerprint density at radius 1 is 1.17 bits per heavy atom. The maximum atomic E-state index is 6.77. The quantitative estimate of drug-likeness (QED) is 0.409. The molecule has 1 saturated carbocycles.